The van der Waals surface area contributed by atoms with Crippen LogP contribution in [0.25, 0.3) is 0 Å². The second-order valence-electron chi connectivity index (χ2n) is 7.73. The summed E-state index contributed by atoms with van der Waals surface area (Å²) in [5, 5.41) is 9.71. The van der Waals surface area contributed by atoms with E-state index in [1.165, 1.54) is 0 Å². The number of benzene rings is 1. The molecular weight excluding hydrogens is 288 g/mol. The Morgan fingerprint density at radius 1 is 1.18 bits per heavy atom. The maximum atomic E-state index is 9.71. The van der Waals surface area contributed by atoms with Crippen LogP contribution in [-0.4, -0.2) is 19.8 Å². The Kier molecular flexibility index (Phi) is 6.28. The topological polar surface area (TPSA) is 29.5 Å². The van der Waals surface area contributed by atoms with E-state index in [0.29, 0.717) is 6.61 Å². The van der Waals surface area contributed by atoms with Crippen LogP contribution in [0.5, 0.6) is 5.75 Å². The van der Waals surface area contributed by atoms with Gasteiger partial charge >= 0.3 is 0 Å². The van der Waals surface area contributed by atoms with Gasteiger partial charge in [-0.05, 0) is 23.5 Å². The molecule has 1 aromatic rings. The zero-order valence-corrected chi connectivity index (χ0v) is 16.1. The van der Waals surface area contributed by atoms with Crippen LogP contribution in [0.3, 0.4) is 0 Å². The maximum absolute atomic E-state index is 9.71. The standard InChI is InChI=1S/C19H30O2Si/c1-8-12-21-17-10-9-15(14-20)16(11-13-22(5,6)7)18(17)19(2,3)4/h9-10,20H,8,12,14H2,1-7H3. The van der Waals surface area contributed by atoms with Gasteiger partial charge in [-0.3, -0.25) is 0 Å². The van der Waals surface area contributed by atoms with Crippen molar-refractivity contribution in [2.75, 3.05) is 6.61 Å². The molecule has 1 aromatic carbocycles. The molecule has 1 rings (SSSR count). The Morgan fingerprint density at radius 3 is 2.27 bits per heavy atom. The van der Waals surface area contributed by atoms with Crippen molar-refractivity contribution in [2.45, 2.75) is 65.8 Å². The number of ether oxygens (including phenoxy) is 1. The molecule has 0 fully saturated rings. The summed E-state index contributed by atoms with van der Waals surface area (Å²) in [6.07, 6.45) is 0.973. The second-order valence-corrected chi connectivity index (χ2v) is 12.5. The van der Waals surface area contributed by atoms with Gasteiger partial charge in [-0.25, -0.2) is 0 Å². The zero-order valence-electron chi connectivity index (χ0n) is 15.1. The molecule has 0 aromatic heterocycles. The van der Waals surface area contributed by atoms with Crippen molar-refractivity contribution >= 4 is 8.07 Å². The van der Waals surface area contributed by atoms with Gasteiger partial charge in [-0.2, -0.15) is 0 Å². The summed E-state index contributed by atoms with van der Waals surface area (Å²) in [7, 11) is -1.48. The van der Waals surface area contributed by atoms with Gasteiger partial charge in [0.15, 0.2) is 0 Å². The quantitative estimate of drug-likeness (QED) is 0.654. The van der Waals surface area contributed by atoms with E-state index in [0.717, 1.165) is 28.9 Å². The van der Waals surface area contributed by atoms with E-state index in [-0.39, 0.29) is 12.0 Å². The van der Waals surface area contributed by atoms with E-state index in [1.54, 1.807) is 0 Å². The van der Waals surface area contributed by atoms with Gasteiger partial charge in [0, 0.05) is 11.1 Å². The van der Waals surface area contributed by atoms with Crippen LogP contribution in [0.15, 0.2) is 12.1 Å². The van der Waals surface area contributed by atoms with Crippen molar-refractivity contribution in [3.8, 4) is 17.2 Å². The van der Waals surface area contributed by atoms with Crippen LogP contribution in [0.1, 0.15) is 50.8 Å². The molecule has 3 heteroatoms. The Labute approximate surface area is 136 Å². The minimum absolute atomic E-state index is 0.00680. The Hall–Kier alpha value is -1.24. The molecule has 0 bridgehead atoms. The Balaban J connectivity index is 3.56. The van der Waals surface area contributed by atoms with Gasteiger partial charge in [0.05, 0.1) is 13.2 Å². The molecule has 122 valence electrons. The van der Waals surface area contributed by atoms with Crippen LogP contribution in [0.4, 0.5) is 0 Å². The largest absolute Gasteiger partial charge is 0.493 e. The molecule has 0 radical (unpaired) electrons. The molecule has 0 atom stereocenters. The average molecular weight is 319 g/mol. The molecule has 0 aliphatic heterocycles. The van der Waals surface area contributed by atoms with Crippen molar-refractivity contribution < 1.29 is 9.84 Å². The molecular formula is C19H30O2Si. The van der Waals surface area contributed by atoms with Gasteiger partial charge in [0.25, 0.3) is 0 Å². The van der Waals surface area contributed by atoms with Gasteiger partial charge in [-0.15, -0.1) is 5.54 Å². The average Bonchev–Trinajstić information content (AvgIpc) is 2.40. The molecule has 0 spiro atoms. The third-order valence-electron chi connectivity index (χ3n) is 3.20. The number of aliphatic hydroxyl groups is 1. The molecule has 0 amide bonds. The van der Waals surface area contributed by atoms with Crippen LogP contribution in [0, 0.1) is 11.5 Å². The maximum Gasteiger partial charge on any atom is 0.129 e. The number of hydrogen-bond donors (Lipinski definition) is 1. The smallest absolute Gasteiger partial charge is 0.129 e. The first kappa shape index (κ1) is 18.8. The summed E-state index contributed by atoms with van der Waals surface area (Å²) in [5.41, 5.74) is 6.29. The normalized spacial score (nSPS) is 11.8. The summed E-state index contributed by atoms with van der Waals surface area (Å²) >= 11 is 0. The fraction of sp³-hybridized carbons (Fsp3) is 0.579. The zero-order chi connectivity index (χ0) is 17.0. The Morgan fingerprint density at radius 2 is 1.82 bits per heavy atom. The molecule has 0 heterocycles. The molecule has 0 unspecified atom stereocenters. The van der Waals surface area contributed by atoms with E-state index >= 15 is 0 Å². The molecule has 0 saturated carbocycles. The highest BCUT2D eigenvalue weighted by Crippen LogP contribution is 2.36. The van der Waals surface area contributed by atoms with Gasteiger partial charge in [0.2, 0.25) is 0 Å². The van der Waals surface area contributed by atoms with Gasteiger partial charge in [0.1, 0.15) is 13.8 Å². The number of aliphatic hydroxyl groups excluding tert-OH is 1. The summed E-state index contributed by atoms with van der Waals surface area (Å²) in [5.74, 6) is 4.26. The highest BCUT2D eigenvalue weighted by molar-refractivity contribution is 6.83. The van der Waals surface area contributed by atoms with Crippen LogP contribution >= 0.6 is 0 Å². The minimum Gasteiger partial charge on any atom is -0.493 e. The first-order valence-corrected chi connectivity index (χ1v) is 11.5. The van der Waals surface area contributed by atoms with Crippen molar-refractivity contribution in [3.63, 3.8) is 0 Å². The predicted molar refractivity (Wildman–Crippen MR) is 97.1 cm³/mol. The fourth-order valence-electron chi connectivity index (χ4n) is 2.23. The van der Waals surface area contributed by atoms with E-state index in [4.69, 9.17) is 4.74 Å². The lowest BCUT2D eigenvalue weighted by Crippen LogP contribution is -2.19. The van der Waals surface area contributed by atoms with E-state index < -0.39 is 8.07 Å². The van der Waals surface area contributed by atoms with E-state index in [1.807, 2.05) is 12.1 Å². The van der Waals surface area contributed by atoms with Gasteiger partial charge in [-0.1, -0.05) is 59.3 Å². The third kappa shape index (κ3) is 5.19. The molecule has 0 saturated heterocycles. The van der Waals surface area contributed by atoms with Crippen molar-refractivity contribution in [1.82, 2.24) is 0 Å². The van der Waals surface area contributed by atoms with Crippen LogP contribution in [0.2, 0.25) is 19.6 Å². The number of hydrogen-bond acceptors (Lipinski definition) is 2. The summed E-state index contributed by atoms with van der Waals surface area (Å²) in [6.45, 7) is 16.0. The summed E-state index contributed by atoms with van der Waals surface area (Å²) in [4.78, 5) is 0. The van der Waals surface area contributed by atoms with E-state index in [9.17, 15) is 5.11 Å². The lowest BCUT2D eigenvalue weighted by Gasteiger charge is -2.26. The second kappa shape index (κ2) is 7.35. The third-order valence-corrected chi connectivity index (χ3v) is 4.07. The fourth-order valence-corrected chi connectivity index (χ4v) is 2.73. The first-order valence-electron chi connectivity index (χ1n) is 8.03. The minimum atomic E-state index is -1.48. The SMILES string of the molecule is CCCOc1ccc(CO)c(C#C[Si](C)(C)C)c1C(C)(C)C. The van der Waals surface area contributed by atoms with Crippen LogP contribution < -0.4 is 4.74 Å². The van der Waals surface area contributed by atoms with Crippen molar-refractivity contribution in [3.05, 3.63) is 28.8 Å². The lowest BCUT2D eigenvalue weighted by molar-refractivity contribution is 0.279. The predicted octanol–water partition coefficient (Wildman–Crippen LogP) is 4.49. The first-order chi connectivity index (χ1) is 10.1. The summed E-state index contributed by atoms with van der Waals surface area (Å²) in [6, 6.07) is 3.91. The monoisotopic (exact) mass is 318 g/mol. The summed E-state index contributed by atoms with van der Waals surface area (Å²) < 4.78 is 5.95. The van der Waals surface area contributed by atoms with Crippen molar-refractivity contribution in [1.29, 1.82) is 0 Å². The highest BCUT2D eigenvalue weighted by atomic mass is 28.3. The molecule has 22 heavy (non-hydrogen) atoms. The molecule has 0 aliphatic rings. The number of rotatable bonds is 4. The molecule has 0 aliphatic carbocycles. The van der Waals surface area contributed by atoms with E-state index in [2.05, 4.69) is 58.8 Å². The van der Waals surface area contributed by atoms with Crippen LogP contribution in [-0.2, 0) is 12.0 Å². The lowest BCUT2D eigenvalue weighted by atomic mass is 9.81. The highest BCUT2D eigenvalue weighted by Gasteiger charge is 2.24. The molecule has 2 nitrogen and oxygen atoms in total. The van der Waals surface area contributed by atoms with Crippen molar-refractivity contribution in [2.24, 2.45) is 0 Å². The molecule has 1 N–H and O–H groups in total. The Bertz CT molecular complexity index is 566. The van der Waals surface area contributed by atoms with Gasteiger partial charge < -0.3 is 9.84 Å².